The van der Waals surface area contributed by atoms with Crippen molar-refractivity contribution in [1.29, 1.82) is 0 Å². The fraction of sp³-hybridized carbons (Fsp3) is 0.375. The van der Waals surface area contributed by atoms with Gasteiger partial charge in [0.15, 0.2) is 0 Å². The van der Waals surface area contributed by atoms with Gasteiger partial charge in [-0.05, 0) is 37.0 Å². The van der Waals surface area contributed by atoms with Gasteiger partial charge in [-0.3, -0.25) is 0 Å². The number of fused-ring (bicyclic) bond motifs is 1. The highest BCUT2D eigenvalue weighted by Gasteiger charge is 2.14. The number of rotatable bonds is 5. The molecule has 0 fully saturated rings. The van der Waals surface area contributed by atoms with Crippen LogP contribution in [-0.4, -0.2) is 7.11 Å². The van der Waals surface area contributed by atoms with Crippen LogP contribution in [0.25, 0.3) is 0 Å². The lowest BCUT2D eigenvalue weighted by Crippen LogP contribution is -2.13. The van der Waals surface area contributed by atoms with Gasteiger partial charge in [-0.25, -0.2) is 4.39 Å². The SMILES string of the molecule is COc1ccc(CNCc2cc3c(s2)CCC3)c(F)c1. The van der Waals surface area contributed by atoms with Gasteiger partial charge in [-0.15, -0.1) is 11.3 Å². The fourth-order valence-electron chi connectivity index (χ4n) is 2.60. The normalized spacial score (nSPS) is 13.5. The topological polar surface area (TPSA) is 21.3 Å². The molecule has 1 N–H and O–H groups in total. The number of ether oxygens (including phenoxy) is 1. The van der Waals surface area contributed by atoms with Crippen LogP contribution in [0.5, 0.6) is 5.75 Å². The molecule has 1 aliphatic rings. The van der Waals surface area contributed by atoms with E-state index in [9.17, 15) is 4.39 Å². The molecule has 1 aliphatic carbocycles. The number of benzene rings is 1. The van der Waals surface area contributed by atoms with Crippen LogP contribution < -0.4 is 10.1 Å². The van der Waals surface area contributed by atoms with Crippen LogP contribution in [0.3, 0.4) is 0 Å². The summed E-state index contributed by atoms with van der Waals surface area (Å²) >= 11 is 1.89. The Morgan fingerprint density at radius 1 is 1.25 bits per heavy atom. The van der Waals surface area contributed by atoms with Gasteiger partial charge in [0.05, 0.1) is 7.11 Å². The number of methoxy groups -OCH3 is 1. The molecule has 0 radical (unpaired) electrons. The summed E-state index contributed by atoms with van der Waals surface area (Å²) < 4.78 is 18.8. The molecular formula is C16H18FNOS. The second-order valence-electron chi connectivity index (χ2n) is 5.08. The van der Waals surface area contributed by atoms with Crippen LogP contribution in [-0.2, 0) is 25.9 Å². The Labute approximate surface area is 122 Å². The zero-order valence-corrected chi connectivity index (χ0v) is 12.4. The quantitative estimate of drug-likeness (QED) is 0.907. The lowest BCUT2D eigenvalue weighted by Gasteiger charge is -2.06. The summed E-state index contributed by atoms with van der Waals surface area (Å²) in [7, 11) is 1.54. The smallest absolute Gasteiger partial charge is 0.131 e. The molecule has 0 atom stereocenters. The predicted molar refractivity (Wildman–Crippen MR) is 79.8 cm³/mol. The van der Waals surface area contributed by atoms with E-state index in [4.69, 9.17) is 4.74 Å². The van der Waals surface area contributed by atoms with Crippen molar-refractivity contribution in [1.82, 2.24) is 5.32 Å². The van der Waals surface area contributed by atoms with Crippen molar-refractivity contribution in [2.24, 2.45) is 0 Å². The summed E-state index contributed by atoms with van der Waals surface area (Å²) in [5.74, 6) is 0.339. The van der Waals surface area contributed by atoms with Gasteiger partial charge in [0.1, 0.15) is 11.6 Å². The molecule has 1 aromatic carbocycles. The van der Waals surface area contributed by atoms with E-state index in [2.05, 4.69) is 11.4 Å². The van der Waals surface area contributed by atoms with Crippen molar-refractivity contribution < 1.29 is 9.13 Å². The van der Waals surface area contributed by atoms with Gasteiger partial charge in [-0.1, -0.05) is 6.07 Å². The Morgan fingerprint density at radius 3 is 2.90 bits per heavy atom. The van der Waals surface area contributed by atoms with E-state index in [1.165, 1.54) is 40.6 Å². The molecule has 1 aromatic heterocycles. The van der Waals surface area contributed by atoms with E-state index in [1.54, 1.807) is 19.2 Å². The van der Waals surface area contributed by atoms with E-state index in [1.807, 2.05) is 11.3 Å². The minimum absolute atomic E-state index is 0.217. The number of halogens is 1. The standard InChI is InChI=1S/C16H18FNOS/c1-19-13-6-5-12(15(17)8-13)9-18-10-14-7-11-3-2-4-16(11)20-14/h5-8,18H,2-4,9-10H2,1H3. The first-order valence-corrected chi connectivity index (χ1v) is 7.71. The van der Waals surface area contributed by atoms with Crippen molar-refractivity contribution in [3.63, 3.8) is 0 Å². The molecule has 0 amide bonds. The average molecular weight is 291 g/mol. The Kier molecular flexibility index (Phi) is 4.03. The monoisotopic (exact) mass is 291 g/mol. The number of nitrogens with one attached hydrogen (secondary N) is 1. The highest BCUT2D eigenvalue weighted by atomic mass is 32.1. The van der Waals surface area contributed by atoms with Crippen LogP contribution in [0, 0.1) is 5.82 Å². The summed E-state index contributed by atoms with van der Waals surface area (Å²) in [5.41, 5.74) is 2.19. The lowest BCUT2D eigenvalue weighted by molar-refractivity contribution is 0.410. The van der Waals surface area contributed by atoms with E-state index in [0.717, 1.165) is 6.54 Å². The first-order chi connectivity index (χ1) is 9.76. The molecule has 2 aromatic rings. The lowest BCUT2D eigenvalue weighted by atomic mass is 10.2. The zero-order chi connectivity index (χ0) is 13.9. The number of hydrogen-bond donors (Lipinski definition) is 1. The third kappa shape index (κ3) is 2.86. The third-order valence-corrected chi connectivity index (χ3v) is 4.91. The predicted octanol–water partition coefficient (Wildman–Crippen LogP) is 3.67. The number of thiophene rings is 1. The van der Waals surface area contributed by atoms with Crippen molar-refractivity contribution in [2.75, 3.05) is 7.11 Å². The highest BCUT2D eigenvalue weighted by molar-refractivity contribution is 7.12. The van der Waals surface area contributed by atoms with Crippen LogP contribution in [0.1, 0.15) is 27.3 Å². The van der Waals surface area contributed by atoms with Gasteiger partial charge >= 0.3 is 0 Å². The molecule has 1 heterocycles. The van der Waals surface area contributed by atoms with Gasteiger partial charge < -0.3 is 10.1 Å². The Bertz CT molecular complexity index is 587. The maximum Gasteiger partial charge on any atom is 0.131 e. The molecule has 0 bridgehead atoms. The summed E-state index contributed by atoms with van der Waals surface area (Å²) in [6.45, 7) is 1.35. The number of aryl methyl sites for hydroxylation is 2. The van der Waals surface area contributed by atoms with Crippen molar-refractivity contribution >= 4 is 11.3 Å². The first kappa shape index (κ1) is 13.6. The van der Waals surface area contributed by atoms with E-state index in [0.29, 0.717) is 17.9 Å². The molecule has 20 heavy (non-hydrogen) atoms. The molecule has 106 valence electrons. The molecule has 0 saturated carbocycles. The summed E-state index contributed by atoms with van der Waals surface area (Å²) in [4.78, 5) is 2.89. The molecule has 3 rings (SSSR count). The minimum Gasteiger partial charge on any atom is -0.497 e. The average Bonchev–Trinajstić information content (AvgIpc) is 3.01. The number of hydrogen-bond acceptors (Lipinski definition) is 3. The van der Waals surface area contributed by atoms with Crippen LogP contribution in [0.2, 0.25) is 0 Å². The van der Waals surface area contributed by atoms with Gasteiger partial charge in [0, 0.05) is 34.5 Å². The molecule has 0 aliphatic heterocycles. The van der Waals surface area contributed by atoms with E-state index < -0.39 is 0 Å². The summed E-state index contributed by atoms with van der Waals surface area (Å²) in [6.07, 6.45) is 3.75. The van der Waals surface area contributed by atoms with Crippen molar-refractivity contribution in [3.8, 4) is 5.75 Å². The van der Waals surface area contributed by atoms with Gasteiger partial charge in [-0.2, -0.15) is 0 Å². The molecule has 0 saturated heterocycles. The van der Waals surface area contributed by atoms with Gasteiger partial charge in [0.25, 0.3) is 0 Å². The van der Waals surface area contributed by atoms with Crippen LogP contribution >= 0.6 is 11.3 Å². The fourth-order valence-corrected chi connectivity index (χ4v) is 3.83. The molecule has 0 unspecified atom stereocenters. The van der Waals surface area contributed by atoms with Gasteiger partial charge in [0.2, 0.25) is 0 Å². The van der Waals surface area contributed by atoms with Crippen LogP contribution in [0.15, 0.2) is 24.3 Å². The molecular weight excluding hydrogens is 273 g/mol. The first-order valence-electron chi connectivity index (χ1n) is 6.90. The van der Waals surface area contributed by atoms with E-state index >= 15 is 0 Å². The Balaban J connectivity index is 1.56. The molecule has 2 nitrogen and oxygen atoms in total. The summed E-state index contributed by atoms with van der Waals surface area (Å²) in [5, 5.41) is 3.31. The second-order valence-corrected chi connectivity index (χ2v) is 6.30. The zero-order valence-electron chi connectivity index (χ0n) is 11.5. The van der Waals surface area contributed by atoms with E-state index in [-0.39, 0.29) is 5.82 Å². The second kappa shape index (κ2) is 5.94. The molecule has 0 spiro atoms. The Morgan fingerprint density at radius 2 is 2.15 bits per heavy atom. The third-order valence-electron chi connectivity index (χ3n) is 3.67. The Hall–Kier alpha value is -1.39. The van der Waals surface area contributed by atoms with Crippen molar-refractivity contribution in [2.45, 2.75) is 32.4 Å². The largest absolute Gasteiger partial charge is 0.497 e. The highest BCUT2D eigenvalue weighted by Crippen LogP contribution is 2.30. The minimum atomic E-state index is -0.217. The van der Waals surface area contributed by atoms with Crippen molar-refractivity contribution in [3.05, 3.63) is 51.0 Å². The molecule has 4 heteroatoms. The van der Waals surface area contributed by atoms with Crippen LogP contribution in [0.4, 0.5) is 4.39 Å². The maximum absolute atomic E-state index is 13.8. The summed E-state index contributed by atoms with van der Waals surface area (Å²) in [6, 6.07) is 7.29. The maximum atomic E-state index is 13.8.